The fraction of sp³-hybridized carbons (Fsp3) is 0.389. The van der Waals surface area contributed by atoms with Crippen LogP contribution in [0.5, 0.6) is 0 Å². The van der Waals surface area contributed by atoms with Crippen LogP contribution in [0, 0.1) is 6.92 Å². The monoisotopic (exact) mass is 366 g/mol. The Kier molecular flexibility index (Phi) is 4.57. The SMILES string of the molecule is Cc1nc(N2CCN(C(=O)C(C)n3cccn3)CC2)cc(-n2cccn2)n1. The summed E-state index contributed by atoms with van der Waals surface area (Å²) in [6, 6.07) is 5.34. The summed E-state index contributed by atoms with van der Waals surface area (Å²) < 4.78 is 3.42. The largest absolute Gasteiger partial charge is 0.353 e. The van der Waals surface area contributed by atoms with Crippen molar-refractivity contribution in [3.8, 4) is 5.82 Å². The van der Waals surface area contributed by atoms with Crippen LogP contribution in [-0.4, -0.2) is 66.5 Å². The molecule has 1 aliphatic heterocycles. The molecule has 0 aliphatic carbocycles. The Hall–Kier alpha value is -3.23. The zero-order valence-corrected chi connectivity index (χ0v) is 15.4. The highest BCUT2D eigenvalue weighted by atomic mass is 16.2. The fourth-order valence-corrected chi connectivity index (χ4v) is 3.26. The number of rotatable bonds is 4. The van der Waals surface area contributed by atoms with Crippen LogP contribution in [0.2, 0.25) is 0 Å². The normalized spacial score (nSPS) is 15.8. The first-order chi connectivity index (χ1) is 13.1. The minimum atomic E-state index is -0.292. The molecule has 1 saturated heterocycles. The summed E-state index contributed by atoms with van der Waals surface area (Å²) >= 11 is 0. The lowest BCUT2D eigenvalue weighted by atomic mass is 10.2. The Labute approximate surface area is 157 Å². The number of aromatic nitrogens is 6. The second-order valence-corrected chi connectivity index (χ2v) is 6.56. The Balaban J connectivity index is 1.44. The van der Waals surface area contributed by atoms with Gasteiger partial charge in [0.25, 0.3) is 0 Å². The van der Waals surface area contributed by atoms with Crippen molar-refractivity contribution in [3.63, 3.8) is 0 Å². The van der Waals surface area contributed by atoms with Crippen molar-refractivity contribution in [2.45, 2.75) is 19.9 Å². The van der Waals surface area contributed by atoms with E-state index in [2.05, 4.69) is 25.1 Å². The summed E-state index contributed by atoms with van der Waals surface area (Å²) in [5, 5.41) is 8.41. The van der Waals surface area contributed by atoms with Crippen molar-refractivity contribution in [3.05, 3.63) is 48.8 Å². The van der Waals surface area contributed by atoms with E-state index >= 15 is 0 Å². The highest BCUT2D eigenvalue weighted by molar-refractivity contribution is 5.80. The molecule has 140 valence electrons. The van der Waals surface area contributed by atoms with Gasteiger partial charge in [-0.2, -0.15) is 10.2 Å². The Morgan fingerprint density at radius 1 is 1.00 bits per heavy atom. The molecule has 0 radical (unpaired) electrons. The molecule has 1 unspecified atom stereocenters. The van der Waals surface area contributed by atoms with Gasteiger partial charge in [0.05, 0.1) is 0 Å². The molecule has 0 spiro atoms. The number of amides is 1. The molecule has 4 rings (SSSR count). The van der Waals surface area contributed by atoms with Crippen LogP contribution in [0.4, 0.5) is 5.82 Å². The van der Waals surface area contributed by atoms with Crippen LogP contribution >= 0.6 is 0 Å². The van der Waals surface area contributed by atoms with E-state index in [4.69, 9.17) is 0 Å². The van der Waals surface area contributed by atoms with Crippen molar-refractivity contribution >= 4 is 11.7 Å². The number of nitrogens with zero attached hydrogens (tertiary/aromatic N) is 8. The second kappa shape index (κ2) is 7.18. The third kappa shape index (κ3) is 3.53. The average molecular weight is 366 g/mol. The number of carbonyl (C=O) groups is 1. The maximum atomic E-state index is 12.7. The van der Waals surface area contributed by atoms with E-state index in [0.29, 0.717) is 18.9 Å². The van der Waals surface area contributed by atoms with E-state index < -0.39 is 0 Å². The molecule has 1 fully saturated rings. The zero-order chi connectivity index (χ0) is 18.8. The third-order valence-electron chi connectivity index (χ3n) is 4.74. The first kappa shape index (κ1) is 17.2. The standard InChI is InChI=1S/C18H22N8O/c1-14(25-7-3-5-19-25)18(27)24-11-9-23(10-12-24)16-13-17(22-15(2)21-16)26-8-4-6-20-26/h3-8,13-14H,9-12H2,1-2H3. The van der Waals surface area contributed by atoms with Crippen LogP contribution in [0.1, 0.15) is 18.8 Å². The molecule has 27 heavy (non-hydrogen) atoms. The summed E-state index contributed by atoms with van der Waals surface area (Å²) in [6.45, 7) is 6.53. The van der Waals surface area contributed by atoms with Gasteiger partial charge in [-0.05, 0) is 26.0 Å². The molecule has 9 nitrogen and oxygen atoms in total. The van der Waals surface area contributed by atoms with Crippen LogP contribution in [0.25, 0.3) is 5.82 Å². The predicted octanol–water partition coefficient (Wildman–Crippen LogP) is 1.08. The van der Waals surface area contributed by atoms with Crippen molar-refractivity contribution in [2.24, 2.45) is 0 Å². The van der Waals surface area contributed by atoms with Crippen LogP contribution in [0.3, 0.4) is 0 Å². The van der Waals surface area contributed by atoms with Gasteiger partial charge in [0.15, 0.2) is 5.82 Å². The first-order valence-corrected chi connectivity index (χ1v) is 9.00. The maximum Gasteiger partial charge on any atom is 0.247 e. The van der Waals surface area contributed by atoms with E-state index in [0.717, 1.165) is 24.7 Å². The lowest BCUT2D eigenvalue weighted by Crippen LogP contribution is -2.50. The molecule has 4 heterocycles. The highest BCUT2D eigenvalue weighted by Gasteiger charge is 2.26. The Morgan fingerprint density at radius 3 is 2.37 bits per heavy atom. The molecular formula is C18H22N8O. The van der Waals surface area contributed by atoms with Gasteiger partial charge in [-0.3, -0.25) is 9.48 Å². The van der Waals surface area contributed by atoms with Gasteiger partial charge in [-0.1, -0.05) is 0 Å². The maximum absolute atomic E-state index is 12.7. The van der Waals surface area contributed by atoms with Crippen molar-refractivity contribution < 1.29 is 4.79 Å². The van der Waals surface area contributed by atoms with Crippen molar-refractivity contribution in [1.82, 2.24) is 34.4 Å². The van der Waals surface area contributed by atoms with E-state index in [1.54, 1.807) is 21.8 Å². The van der Waals surface area contributed by atoms with E-state index in [1.165, 1.54) is 0 Å². The van der Waals surface area contributed by atoms with E-state index in [1.807, 2.05) is 49.3 Å². The lowest BCUT2D eigenvalue weighted by molar-refractivity contribution is -0.134. The van der Waals surface area contributed by atoms with E-state index in [-0.39, 0.29) is 11.9 Å². The molecule has 3 aromatic rings. The van der Waals surface area contributed by atoms with Gasteiger partial charge < -0.3 is 9.80 Å². The van der Waals surface area contributed by atoms with Crippen LogP contribution in [0.15, 0.2) is 43.0 Å². The predicted molar refractivity (Wildman–Crippen MR) is 99.6 cm³/mol. The Morgan fingerprint density at radius 2 is 1.70 bits per heavy atom. The van der Waals surface area contributed by atoms with Gasteiger partial charge >= 0.3 is 0 Å². The first-order valence-electron chi connectivity index (χ1n) is 9.00. The molecular weight excluding hydrogens is 344 g/mol. The zero-order valence-electron chi connectivity index (χ0n) is 15.4. The van der Waals surface area contributed by atoms with Crippen LogP contribution < -0.4 is 4.90 Å². The number of carbonyl (C=O) groups excluding carboxylic acids is 1. The van der Waals surface area contributed by atoms with Crippen molar-refractivity contribution in [2.75, 3.05) is 31.1 Å². The van der Waals surface area contributed by atoms with Gasteiger partial charge in [0.2, 0.25) is 5.91 Å². The van der Waals surface area contributed by atoms with Gasteiger partial charge in [0.1, 0.15) is 17.7 Å². The van der Waals surface area contributed by atoms with Gasteiger partial charge in [-0.15, -0.1) is 0 Å². The number of aryl methyl sites for hydroxylation is 1. The number of hydrogen-bond donors (Lipinski definition) is 0. The number of anilines is 1. The molecule has 1 aliphatic rings. The minimum Gasteiger partial charge on any atom is -0.353 e. The number of hydrogen-bond acceptors (Lipinski definition) is 6. The molecule has 1 amide bonds. The quantitative estimate of drug-likeness (QED) is 0.687. The molecule has 3 aromatic heterocycles. The topological polar surface area (TPSA) is 85.0 Å². The molecule has 0 N–H and O–H groups in total. The highest BCUT2D eigenvalue weighted by Crippen LogP contribution is 2.18. The average Bonchev–Trinajstić information content (AvgIpc) is 3.40. The van der Waals surface area contributed by atoms with Crippen molar-refractivity contribution in [1.29, 1.82) is 0 Å². The summed E-state index contributed by atoms with van der Waals surface area (Å²) in [6.07, 6.45) is 7.09. The summed E-state index contributed by atoms with van der Waals surface area (Å²) in [5.74, 6) is 2.40. The molecule has 0 aromatic carbocycles. The summed E-state index contributed by atoms with van der Waals surface area (Å²) in [4.78, 5) is 25.8. The molecule has 1 atom stereocenters. The van der Waals surface area contributed by atoms with Gasteiger partial charge in [-0.25, -0.2) is 14.6 Å². The minimum absolute atomic E-state index is 0.0921. The summed E-state index contributed by atoms with van der Waals surface area (Å²) in [5.41, 5.74) is 0. The third-order valence-corrected chi connectivity index (χ3v) is 4.74. The number of piperazine rings is 1. The molecule has 0 saturated carbocycles. The van der Waals surface area contributed by atoms with Gasteiger partial charge in [0, 0.05) is 57.0 Å². The van der Waals surface area contributed by atoms with E-state index in [9.17, 15) is 4.79 Å². The smallest absolute Gasteiger partial charge is 0.247 e. The second-order valence-electron chi connectivity index (χ2n) is 6.56. The molecule has 9 heteroatoms. The molecule has 0 bridgehead atoms. The fourth-order valence-electron chi connectivity index (χ4n) is 3.26. The van der Waals surface area contributed by atoms with Crippen LogP contribution in [-0.2, 0) is 4.79 Å². The summed E-state index contributed by atoms with van der Waals surface area (Å²) in [7, 11) is 0. The lowest BCUT2D eigenvalue weighted by Gasteiger charge is -2.36. The Bertz CT molecular complexity index is 898.